The first-order valence-corrected chi connectivity index (χ1v) is 10.2. The Morgan fingerprint density at radius 3 is 2.50 bits per heavy atom. The van der Waals surface area contributed by atoms with Crippen molar-refractivity contribution in [1.82, 2.24) is 14.2 Å². The van der Waals surface area contributed by atoms with E-state index in [1.807, 2.05) is 0 Å². The van der Waals surface area contributed by atoms with Gasteiger partial charge in [-0.25, -0.2) is 8.42 Å². The zero-order valence-corrected chi connectivity index (χ0v) is 16.0. The van der Waals surface area contributed by atoms with E-state index in [-0.39, 0.29) is 36.3 Å². The van der Waals surface area contributed by atoms with E-state index < -0.39 is 14.9 Å². The smallest absolute Gasteiger partial charge is 0.305 e. The van der Waals surface area contributed by atoms with E-state index in [4.69, 9.17) is 4.74 Å². The maximum atomic E-state index is 12.7. The van der Waals surface area contributed by atoms with Crippen LogP contribution in [0.2, 0.25) is 0 Å². The van der Waals surface area contributed by atoms with Crippen molar-refractivity contribution >= 4 is 27.3 Å². The lowest BCUT2D eigenvalue weighted by Gasteiger charge is -2.33. The minimum Gasteiger partial charge on any atom is -0.497 e. The zero-order chi connectivity index (χ0) is 18.9. The molecule has 0 bridgehead atoms. The molecule has 140 valence electrons. The van der Waals surface area contributed by atoms with Gasteiger partial charge < -0.3 is 14.6 Å². The van der Waals surface area contributed by atoms with Gasteiger partial charge in [0.05, 0.1) is 7.11 Å². The van der Waals surface area contributed by atoms with Crippen LogP contribution in [0.5, 0.6) is 5.75 Å². The summed E-state index contributed by atoms with van der Waals surface area (Å²) in [6.45, 7) is 2.50. The fourth-order valence-electron chi connectivity index (χ4n) is 2.82. The van der Waals surface area contributed by atoms with Crippen LogP contribution >= 0.6 is 11.3 Å². The van der Waals surface area contributed by atoms with Gasteiger partial charge in [0, 0.05) is 37.4 Å². The van der Waals surface area contributed by atoms with Crippen molar-refractivity contribution in [1.29, 1.82) is 0 Å². The van der Waals surface area contributed by atoms with E-state index >= 15 is 0 Å². The Kier molecular flexibility index (Phi) is 5.17. The summed E-state index contributed by atoms with van der Waals surface area (Å²) in [4.78, 5) is 27.7. The lowest BCUT2D eigenvalue weighted by molar-refractivity contribution is 0.0697. The molecule has 10 heteroatoms. The second-order valence-electron chi connectivity index (χ2n) is 5.86. The van der Waals surface area contributed by atoms with Gasteiger partial charge in [-0.1, -0.05) is 17.4 Å². The number of aromatic nitrogens is 1. The van der Waals surface area contributed by atoms with Crippen LogP contribution in [0.25, 0.3) is 0 Å². The Morgan fingerprint density at radius 1 is 1.23 bits per heavy atom. The number of ether oxygens (including phenoxy) is 1. The van der Waals surface area contributed by atoms with E-state index in [0.29, 0.717) is 28.3 Å². The van der Waals surface area contributed by atoms with Crippen LogP contribution in [-0.2, 0) is 10.0 Å². The van der Waals surface area contributed by atoms with E-state index in [0.717, 1.165) is 0 Å². The molecule has 0 radical (unpaired) electrons. The van der Waals surface area contributed by atoms with E-state index in [9.17, 15) is 18.0 Å². The molecule has 2 heterocycles. The molecule has 1 amide bonds. The van der Waals surface area contributed by atoms with Gasteiger partial charge >= 0.3 is 4.87 Å². The number of H-pyrrole nitrogens is 1. The summed E-state index contributed by atoms with van der Waals surface area (Å²) < 4.78 is 31.9. The van der Waals surface area contributed by atoms with Crippen molar-refractivity contribution in [3.63, 3.8) is 0 Å². The largest absolute Gasteiger partial charge is 0.497 e. The number of hydrogen-bond acceptors (Lipinski definition) is 6. The van der Waals surface area contributed by atoms with E-state index in [1.54, 1.807) is 36.1 Å². The average molecular weight is 397 g/mol. The van der Waals surface area contributed by atoms with Gasteiger partial charge in [0.15, 0.2) is 4.21 Å². The summed E-state index contributed by atoms with van der Waals surface area (Å²) in [5.74, 6) is 0.429. The number of amides is 1. The molecule has 3 rings (SSSR count). The molecular weight excluding hydrogens is 378 g/mol. The fourth-order valence-corrected chi connectivity index (χ4v) is 5.68. The van der Waals surface area contributed by atoms with Crippen molar-refractivity contribution in [3.05, 3.63) is 45.2 Å². The number of aromatic amines is 1. The first-order chi connectivity index (χ1) is 12.3. The average Bonchev–Trinajstić information content (AvgIpc) is 3.00. The van der Waals surface area contributed by atoms with Crippen LogP contribution in [0, 0.1) is 6.92 Å². The predicted octanol–water partition coefficient (Wildman–Crippen LogP) is 0.900. The van der Waals surface area contributed by atoms with Crippen molar-refractivity contribution < 1.29 is 17.9 Å². The number of hydrogen-bond donors (Lipinski definition) is 1. The highest BCUT2D eigenvalue weighted by Gasteiger charge is 2.32. The molecule has 1 fully saturated rings. The quantitative estimate of drug-likeness (QED) is 0.826. The first-order valence-electron chi connectivity index (χ1n) is 7.96. The van der Waals surface area contributed by atoms with Crippen molar-refractivity contribution in [2.75, 3.05) is 33.3 Å². The topological polar surface area (TPSA) is 99.8 Å². The number of piperazine rings is 1. The number of carbonyl (C=O) groups excluding carboxylic acids is 1. The molecule has 26 heavy (non-hydrogen) atoms. The van der Waals surface area contributed by atoms with Crippen LogP contribution in [0.15, 0.2) is 33.3 Å². The minimum absolute atomic E-state index is 0.0371. The SMILES string of the molecule is COc1cccc(C(=O)N2CCN(S(=O)(=O)c3sc(=O)[nH]c3C)CC2)c1. The number of carbonyl (C=O) groups is 1. The Morgan fingerprint density at radius 2 is 1.92 bits per heavy atom. The van der Waals surface area contributed by atoms with Gasteiger partial charge in [-0.3, -0.25) is 9.59 Å². The molecule has 1 aliphatic heterocycles. The number of thiazole rings is 1. The second-order valence-corrected chi connectivity index (χ2v) is 8.97. The summed E-state index contributed by atoms with van der Waals surface area (Å²) in [5.41, 5.74) is 0.843. The zero-order valence-electron chi connectivity index (χ0n) is 14.4. The maximum Gasteiger partial charge on any atom is 0.305 e. The van der Waals surface area contributed by atoms with Gasteiger partial charge in [-0.2, -0.15) is 4.31 Å². The molecule has 0 aliphatic carbocycles. The van der Waals surface area contributed by atoms with Crippen LogP contribution in [-0.4, -0.2) is 61.8 Å². The standard InChI is InChI=1S/C16H19N3O5S2/c1-11-15(25-16(21)17-11)26(22,23)19-8-6-18(7-9-19)14(20)12-4-3-5-13(10-12)24-2/h3-5,10H,6-9H2,1-2H3,(H,17,21). The highest BCUT2D eigenvalue weighted by atomic mass is 32.2. The molecule has 2 aromatic rings. The van der Waals surface area contributed by atoms with Gasteiger partial charge in [0.1, 0.15) is 5.75 Å². The molecule has 0 saturated carbocycles. The summed E-state index contributed by atoms with van der Waals surface area (Å²) in [6, 6.07) is 6.86. The highest BCUT2D eigenvalue weighted by Crippen LogP contribution is 2.23. The van der Waals surface area contributed by atoms with Crippen molar-refractivity contribution in [3.8, 4) is 5.75 Å². The molecule has 0 atom stereocenters. The van der Waals surface area contributed by atoms with Gasteiger partial charge in [0.2, 0.25) is 0 Å². The van der Waals surface area contributed by atoms with Gasteiger partial charge in [-0.05, 0) is 25.1 Å². The number of sulfonamides is 1. The van der Waals surface area contributed by atoms with Crippen LogP contribution in [0.4, 0.5) is 0 Å². The van der Waals surface area contributed by atoms with E-state index in [2.05, 4.69) is 4.98 Å². The number of nitrogens with one attached hydrogen (secondary N) is 1. The van der Waals surface area contributed by atoms with Crippen molar-refractivity contribution in [2.45, 2.75) is 11.1 Å². The number of rotatable bonds is 4. The van der Waals surface area contributed by atoms with Crippen molar-refractivity contribution in [2.24, 2.45) is 0 Å². The molecule has 0 spiro atoms. The lowest BCUT2D eigenvalue weighted by Crippen LogP contribution is -2.50. The number of methoxy groups -OCH3 is 1. The number of benzene rings is 1. The summed E-state index contributed by atoms with van der Waals surface area (Å²) in [5, 5.41) is 0. The Bertz CT molecular complexity index is 972. The molecule has 1 aromatic carbocycles. The second kappa shape index (κ2) is 7.22. The summed E-state index contributed by atoms with van der Waals surface area (Å²) in [7, 11) is -2.20. The molecule has 0 unspecified atom stereocenters. The molecule has 1 saturated heterocycles. The fraction of sp³-hybridized carbons (Fsp3) is 0.375. The number of nitrogens with zero attached hydrogens (tertiary/aromatic N) is 2. The van der Waals surface area contributed by atoms with Crippen LogP contribution < -0.4 is 9.61 Å². The third-order valence-electron chi connectivity index (χ3n) is 4.20. The molecule has 1 N–H and O–H groups in total. The maximum absolute atomic E-state index is 12.7. The first kappa shape index (κ1) is 18.6. The molecular formula is C16H19N3O5S2. The van der Waals surface area contributed by atoms with Gasteiger partial charge in [0.25, 0.3) is 15.9 Å². The Hall–Kier alpha value is -2.17. The van der Waals surface area contributed by atoms with Crippen LogP contribution in [0.3, 0.4) is 0 Å². The molecule has 8 nitrogen and oxygen atoms in total. The predicted molar refractivity (Wildman–Crippen MR) is 97.3 cm³/mol. The normalized spacial score (nSPS) is 15.8. The highest BCUT2D eigenvalue weighted by molar-refractivity contribution is 7.91. The Balaban J connectivity index is 1.71. The third-order valence-corrected chi connectivity index (χ3v) is 7.68. The lowest BCUT2D eigenvalue weighted by atomic mass is 10.1. The number of aryl methyl sites for hydroxylation is 1. The monoisotopic (exact) mass is 397 g/mol. The van der Waals surface area contributed by atoms with Gasteiger partial charge in [-0.15, -0.1) is 0 Å². The van der Waals surface area contributed by atoms with E-state index in [1.165, 1.54) is 11.4 Å². The third kappa shape index (κ3) is 3.53. The molecule has 1 aromatic heterocycles. The summed E-state index contributed by atoms with van der Waals surface area (Å²) >= 11 is 0.688. The minimum atomic E-state index is -3.73. The summed E-state index contributed by atoms with van der Waals surface area (Å²) in [6.07, 6.45) is 0. The molecule has 1 aliphatic rings. The van der Waals surface area contributed by atoms with Crippen LogP contribution in [0.1, 0.15) is 16.1 Å². The Labute approximate surface area is 155 Å².